The molecule has 0 amide bonds. The van der Waals surface area contributed by atoms with Crippen LogP contribution in [0.15, 0.2) is 18.2 Å². The van der Waals surface area contributed by atoms with Gasteiger partial charge in [0.05, 0.1) is 7.11 Å². The fourth-order valence-corrected chi connectivity index (χ4v) is 1.19. The average Bonchev–Trinajstić information content (AvgIpc) is 2.19. The molecule has 0 bridgehead atoms. The molecule has 0 fully saturated rings. The number of ether oxygens (including phenoxy) is 1. The third kappa shape index (κ3) is 2.29. The van der Waals surface area contributed by atoms with Crippen LogP contribution >= 0.6 is 0 Å². The second-order valence-corrected chi connectivity index (χ2v) is 2.72. The quantitative estimate of drug-likeness (QED) is 0.702. The van der Waals surface area contributed by atoms with Crippen LogP contribution in [0.5, 0.6) is 5.75 Å². The standard InChI is InChI=1S/C10H13NO2/c1-13-10-3-2-8(4-5-11)9(6-10)7-12/h2-3,6-7H,4-5,11H2,1H3. The number of benzene rings is 1. The number of carbonyl (C=O) groups excluding carboxylic acids is 1. The second kappa shape index (κ2) is 4.62. The van der Waals surface area contributed by atoms with Gasteiger partial charge in [-0.3, -0.25) is 4.79 Å². The van der Waals surface area contributed by atoms with Crippen LogP contribution in [0.1, 0.15) is 15.9 Å². The summed E-state index contributed by atoms with van der Waals surface area (Å²) >= 11 is 0. The Morgan fingerprint density at radius 3 is 2.85 bits per heavy atom. The van der Waals surface area contributed by atoms with E-state index in [2.05, 4.69) is 0 Å². The molecule has 2 N–H and O–H groups in total. The SMILES string of the molecule is COc1ccc(CCN)c(C=O)c1. The molecule has 0 aromatic heterocycles. The lowest BCUT2D eigenvalue weighted by molar-refractivity contribution is 0.112. The Balaban J connectivity index is 3.00. The number of methoxy groups -OCH3 is 1. The molecular weight excluding hydrogens is 166 g/mol. The highest BCUT2D eigenvalue weighted by molar-refractivity contribution is 5.78. The maximum atomic E-state index is 10.7. The molecule has 0 unspecified atom stereocenters. The fourth-order valence-electron chi connectivity index (χ4n) is 1.19. The minimum atomic E-state index is 0.549. The Kier molecular flexibility index (Phi) is 3.46. The van der Waals surface area contributed by atoms with E-state index >= 15 is 0 Å². The van der Waals surface area contributed by atoms with Crippen LogP contribution in [0, 0.1) is 0 Å². The maximum Gasteiger partial charge on any atom is 0.150 e. The number of rotatable bonds is 4. The molecule has 70 valence electrons. The van der Waals surface area contributed by atoms with Gasteiger partial charge in [0, 0.05) is 5.56 Å². The van der Waals surface area contributed by atoms with Gasteiger partial charge in [-0.05, 0) is 30.7 Å². The summed E-state index contributed by atoms with van der Waals surface area (Å²) in [6, 6.07) is 5.42. The summed E-state index contributed by atoms with van der Waals surface area (Å²) in [5.41, 5.74) is 7.04. The van der Waals surface area contributed by atoms with Crippen molar-refractivity contribution in [3.63, 3.8) is 0 Å². The van der Waals surface area contributed by atoms with Crippen molar-refractivity contribution in [3.8, 4) is 5.75 Å². The van der Waals surface area contributed by atoms with Crippen molar-refractivity contribution in [2.75, 3.05) is 13.7 Å². The first-order chi connectivity index (χ1) is 6.31. The summed E-state index contributed by atoms with van der Waals surface area (Å²) < 4.78 is 5.00. The summed E-state index contributed by atoms with van der Waals surface area (Å²) in [7, 11) is 1.58. The highest BCUT2D eigenvalue weighted by atomic mass is 16.5. The van der Waals surface area contributed by atoms with E-state index in [1.807, 2.05) is 12.1 Å². The zero-order valence-corrected chi connectivity index (χ0v) is 7.62. The van der Waals surface area contributed by atoms with Gasteiger partial charge >= 0.3 is 0 Å². The van der Waals surface area contributed by atoms with Gasteiger partial charge in [-0.2, -0.15) is 0 Å². The molecule has 0 spiro atoms. The predicted octanol–water partition coefficient (Wildman–Crippen LogP) is 1.01. The number of hydrogen-bond donors (Lipinski definition) is 1. The van der Waals surface area contributed by atoms with Gasteiger partial charge in [-0.15, -0.1) is 0 Å². The van der Waals surface area contributed by atoms with Crippen LogP contribution in [0.3, 0.4) is 0 Å². The molecule has 0 aliphatic carbocycles. The second-order valence-electron chi connectivity index (χ2n) is 2.72. The lowest BCUT2D eigenvalue weighted by Gasteiger charge is -2.05. The van der Waals surface area contributed by atoms with E-state index in [4.69, 9.17) is 10.5 Å². The molecule has 13 heavy (non-hydrogen) atoms. The molecular formula is C10H13NO2. The number of aldehydes is 1. The molecule has 0 heterocycles. The Hall–Kier alpha value is -1.35. The number of carbonyl (C=O) groups is 1. The van der Waals surface area contributed by atoms with E-state index in [1.54, 1.807) is 13.2 Å². The van der Waals surface area contributed by atoms with Crippen molar-refractivity contribution in [1.29, 1.82) is 0 Å². The highest BCUT2D eigenvalue weighted by Crippen LogP contribution is 2.16. The molecule has 3 nitrogen and oxygen atoms in total. The molecule has 0 aliphatic rings. The van der Waals surface area contributed by atoms with Crippen LogP contribution in [0.2, 0.25) is 0 Å². The van der Waals surface area contributed by atoms with Crippen molar-refractivity contribution in [1.82, 2.24) is 0 Å². The third-order valence-electron chi connectivity index (χ3n) is 1.89. The Labute approximate surface area is 77.5 Å². The van der Waals surface area contributed by atoms with Crippen molar-refractivity contribution < 1.29 is 9.53 Å². The predicted molar refractivity (Wildman–Crippen MR) is 51.1 cm³/mol. The number of hydrogen-bond acceptors (Lipinski definition) is 3. The van der Waals surface area contributed by atoms with E-state index in [9.17, 15) is 4.79 Å². The minimum Gasteiger partial charge on any atom is -0.497 e. The lowest BCUT2D eigenvalue weighted by Crippen LogP contribution is -2.05. The van der Waals surface area contributed by atoms with Crippen LogP contribution in [0.25, 0.3) is 0 Å². The summed E-state index contributed by atoms with van der Waals surface area (Å²) in [4.78, 5) is 10.7. The maximum absolute atomic E-state index is 10.7. The Bertz CT molecular complexity index is 297. The Morgan fingerprint density at radius 1 is 1.54 bits per heavy atom. The zero-order valence-electron chi connectivity index (χ0n) is 7.62. The molecule has 0 saturated carbocycles. The van der Waals surface area contributed by atoms with E-state index in [0.717, 1.165) is 18.3 Å². The largest absolute Gasteiger partial charge is 0.497 e. The first-order valence-corrected chi connectivity index (χ1v) is 4.14. The van der Waals surface area contributed by atoms with Gasteiger partial charge in [-0.25, -0.2) is 0 Å². The van der Waals surface area contributed by atoms with Gasteiger partial charge in [0.15, 0.2) is 0 Å². The molecule has 0 aliphatic heterocycles. The molecule has 1 rings (SSSR count). The van der Waals surface area contributed by atoms with Crippen LogP contribution in [0.4, 0.5) is 0 Å². The van der Waals surface area contributed by atoms with E-state index < -0.39 is 0 Å². The van der Waals surface area contributed by atoms with Gasteiger partial charge < -0.3 is 10.5 Å². The Morgan fingerprint density at radius 2 is 2.31 bits per heavy atom. The summed E-state index contributed by atoms with van der Waals surface area (Å²) in [5.74, 6) is 0.697. The van der Waals surface area contributed by atoms with E-state index in [-0.39, 0.29) is 0 Å². The lowest BCUT2D eigenvalue weighted by atomic mass is 10.1. The van der Waals surface area contributed by atoms with Gasteiger partial charge in [0.2, 0.25) is 0 Å². The van der Waals surface area contributed by atoms with Crippen LogP contribution in [-0.4, -0.2) is 19.9 Å². The molecule has 0 saturated heterocycles. The molecule has 3 heteroatoms. The van der Waals surface area contributed by atoms with Crippen molar-refractivity contribution in [3.05, 3.63) is 29.3 Å². The fraction of sp³-hybridized carbons (Fsp3) is 0.300. The first kappa shape index (κ1) is 9.74. The topological polar surface area (TPSA) is 52.3 Å². The normalized spacial score (nSPS) is 9.69. The molecule has 0 atom stereocenters. The first-order valence-electron chi connectivity index (χ1n) is 4.14. The zero-order chi connectivity index (χ0) is 9.68. The van der Waals surface area contributed by atoms with Crippen molar-refractivity contribution in [2.24, 2.45) is 5.73 Å². The minimum absolute atomic E-state index is 0.549. The van der Waals surface area contributed by atoms with Crippen LogP contribution < -0.4 is 10.5 Å². The van der Waals surface area contributed by atoms with E-state index in [0.29, 0.717) is 17.9 Å². The molecule has 1 aromatic carbocycles. The van der Waals surface area contributed by atoms with Gasteiger partial charge in [-0.1, -0.05) is 6.07 Å². The monoisotopic (exact) mass is 179 g/mol. The summed E-state index contributed by atoms with van der Waals surface area (Å²) in [6.45, 7) is 0.549. The highest BCUT2D eigenvalue weighted by Gasteiger charge is 2.02. The summed E-state index contributed by atoms with van der Waals surface area (Å²) in [5, 5.41) is 0. The molecule has 1 aromatic rings. The third-order valence-corrected chi connectivity index (χ3v) is 1.89. The van der Waals surface area contributed by atoms with Crippen molar-refractivity contribution in [2.45, 2.75) is 6.42 Å². The average molecular weight is 179 g/mol. The van der Waals surface area contributed by atoms with Gasteiger partial charge in [0.25, 0.3) is 0 Å². The molecule has 0 radical (unpaired) electrons. The smallest absolute Gasteiger partial charge is 0.150 e. The van der Waals surface area contributed by atoms with Gasteiger partial charge in [0.1, 0.15) is 12.0 Å². The van der Waals surface area contributed by atoms with E-state index in [1.165, 1.54) is 0 Å². The van der Waals surface area contributed by atoms with Crippen LogP contribution in [-0.2, 0) is 6.42 Å². The van der Waals surface area contributed by atoms with Crippen molar-refractivity contribution >= 4 is 6.29 Å². The number of nitrogens with two attached hydrogens (primary N) is 1. The summed E-state index contributed by atoms with van der Waals surface area (Å²) in [6.07, 6.45) is 1.55.